The molecule has 0 fully saturated rings. The molecule has 0 heterocycles. The Morgan fingerprint density at radius 3 is 1.50 bits per heavy atom. The van der Waals surface area contributed by atoms with E-state index in [1.165, 1.54) is 0 Å². The maximum atomic E-state index is 10.9. The van der Waals surface area contributed by atoms with Crippen LogP contribution in [0.5, 0.6) is 0 Å². The van der Waals surface area contributed by atoms with Crippen LogP contribution in [0.15, 0.2) is 25.6 Å². The summed E-state index contributed by atoms with van der Waals surface area (Å²) in [7, 11) is 0. The van der Waals surface area contributed by atoms with E-state index in [9.17, 15) is 9.59 Å². The fourth-order valence-electron chi connectivity index (χ4n) is 0.659. The standard InChI is InChI=1S/C8H12N2O4/c1-3-9-7(13)5(11)6(12)8(14)10-4-2/h3-6,11-12H,1-2H2,(H,9,13)(H,10,14). The monoisotopic (exact) mass is 200 g/mol. The first-order valence-electron chi connectivity index (χ1n) is 3.73. The van der Waals surface area contributed by atoms with Crippen molar-refractivity contribution >= 4 is 11.8 Å². The van der Waals surface area contributed by atoms with Crippen molar-refractivity contribution in [2.45, 2.75) is 12.2 Å². The van der Waals surface area contributed by atoms with Crippen LogP contribution in [0.4, 0.5) is 0 Å². The van der Waals surface area contributed by atoms with Crippen LogP contribution in [-0.2, 0) is 9.59 Å². The second kappa shape index (κ2) is 5.90. The normalized spacial score (nSPS) is 13.6. The first kappa shape index (κ1) is 12.3. The number of hydrogen-bond acceptors (Lipinski definition) is 4. The highest BCUT2D eigenvalue weighted by molar-refractivity contribution is 5.91. The van der Waals surface area contributed by atoms with Crippen molar-refractivity contribution in [1.82, 2.24) is 10.6 Å². The summed E-state index contributed by atoms with van der Waals surface area (Å²) >= 11 is 0. The second-order valence-electron chi connectivity index (χ2n) is 2.32. The maximum Gasteiger partial charge on any atom is 0.256 e. The minimum Gasteiger partial charge on any atom is -0.380 e. The van der Waals surface area contributed by atoms with Gasteiger partial charge in [-0.3, -0.25) is 9.59 Å². The van der Waals surface area contributed by atoms with Crippen LogP contribution < -0.4 is 10.6 Å². The molecular formula is C8H12N2O4. The van der Waals surface area contributed by atoms with E-state index >= 15 is 0 Å². The number of carbonyl (C=O) groups excluding carboxylic acids is 2. The Morgan fingerprint density at radius 2 is 1.29 bits per heavy atom. The molecule has 6 nitrogen and oxygen atoms in total. The van der Waals surface area contributed by atoms with E-state index in [1.807, 2.05) is 10.6 Å². The summed E-state index contributed by atoms with van der Waals surface area (Å²) in [6, 6.07) is 0. The molecule has 0 rings (SSSR count). The lowest BCUT2D eigenvalue weighted by Gasteiger charge is -2.14. The highest BCUT2D eigenvalue weighted by atomic mass is 16.3. The van der Waals surface area contributed by atoms with Gasteiger partial charge in [0.15, 0.2) is 12.2 Å². The van der Waals surface area contributed by atoms with E-state index in [0.717, 1.165) is 12.4 Å². The van der Waals surface area contributed by atoms with Gasteiger partial charge in [-0.05, 0) is 12.4 Å². The van der Waals surface area contributed by atoms with Gasteiger partial charge in [0, 0.05) is 0 Å². The van der Waals surface area contributed by atoms with Crippen molar-refractivity contribution in [1.29, 1.82) is 0 Å². The minimum absolute atomic E-state index is 0.910. The van der Waals surface area contributed by atoms with Crippen LogP contribution >= 0.6 is 0 Å². The van der Waals surface area contributed by atoms with E-state index in [0.29, 0.717) is 0 Å². The van der Waals surface area contributed by atoms with Crippen LogP contribution in [0.1, 0.15) is 0 Å². The predicted octanol–water partition coefficient (Wildman–Crippen LogP) is -1.77. The van der Waals surface area contributed by atoms with Gasteiger partial charge in [-0.2, -0.15) is 0 Å². The molecule has 14 heavy (non-hydrogen) atoms. The van der Waals surface area contributed by atoms with Gasteiger partial charge in [-0.15, -0.1) is 0 Å². The van der Waals surface area contributed by atoms with Gasteiger partial charge in [-0.25, -0.2) is 0 Å². The van der Waals surface area contributed by atoms with Gasteiger partial charge in [0.2, 0.25) is 0 Å². The van der Waals surface area contributed by atoms with E-state index in [1.54, 1.807) is 0 Å². The molecule has 0 aliphatic rings. The van der Waals surface area contributed by atoms with Gasteiger partial charge in [-0.1, -0.05) is 13.2 Å². The summed E-state index contributed by atoms with van der Waals surface area (Å²) in [5, 5.41) is 22.3. The predicted molar refractivity (Wildman–Crippen MR) is 48.7 cm³/mol. The SMILES string of the molecule is C=CNC(=O)C(O)C(O)C(=O)NC=C. The Labute approximate surface area is 80.9 Å². The third-order valence-corrected chi connectivity index (χ3v) is 1.32. The molecule has 0 aliphatic carbocycles. The number of nitrogens with one attached hydrogen (secondary N) is 2. The van der Waals surface area contributed by atoms with Crippen molar-refractivity contribution in [3.05, 3.63) is 25.6 Å². The molecule has 2 atom stereocenters. The lowest BCUT2D eigenvalue weighted by atomic mass is 10.2. The minimum atomic E-state index is -1.84. The van der Waals surface area contributed by atoms with E-state index in [-0.39, 0.29) is 0 Å². The number of carbonyl (C=O) groups is 2. The van der Waals surface area contributed by atoms with E-state index in [2.05, 4.69) is 13.2 Å². The van der Waals surface area contributed by atoms with Crippen molar-refractivity contribution in [3.8, 4) is 0 Å². The molecule has 0 saturated carbocycles. The number of amides is 2. The van der Waals surface area contributed by atoms with Gasteiger partial charge in [0.25, 0.3) is 11.8 Å². The lowest BCUT2D eigenvalue weighted by molar-refractivity contribution is -0.144. The first-order chi connectivity index (χ1) is 6.54. The summed E-state index contributed by atoms with van der Waals surface area (Å²) < 4.78 is 0. The van der Waals surface area contributed by atoms with Gasteiger partial charge < -0.3 is 20.8 Å². The summed E-state index contributed by atoms with van der Waals surface area (Å²) in [4.78, 5) is 21.8. The van der Waals surface area contributed by atoms with Crippen LogP contribution in [0.3, 0.4) is 0 Å². The smallest absolute Gasteiger partial charge is 0.256 e. The molecule has 2 unspecified atom stereocenters. The van der Waals surface area contributed by atoms with Crippen LogP contribution in [0.2, 0.25) is 0 Å². The van der Waals surface area contributed by atoms with E-state index in [4.69, 9.17) is 10.2 Å². The molecule has 0 spiro atoms. The number of aliphatic hydroxyl groups excluding tert-OH is 2. The van der Waals surface area contributed by atoms with Crippen LogP contribution in [0, 0.1) is 0 Å². The topological polar surface area (TPSA) is 98.7 Å². The third-order valence-electron chi connectivity index (χ3n) is 1.32. The largest absolute Gasteiger partial charge is 0.380 e. The molecule has 0 bridgehead atoms. The van der Waals surface area contributed by atoms with Gasteiger partial charge in [0.05, 0.1) is 0 Å². The summed E-state index contributed by atoms with van der Waals surface area (Å²) in [5.74, 6) is -1.82. The average Bonchev–Trinajstić information content (AvgIpc) is 2.16. The Balaban J connectivity index is 4.29. The fraction of sp³-hybridized carbons (Fsp3) is 0.250. The molecule has 2 amide bonds. The zero-order valence-electron chi connectivity index (χ0n) is 7.43. The molecule has 0 aromatic heterocycles. The zero-order chi connectivity index (χ0) is 11.1. The lowest BCUT2D eigenvalue weighted by Crippen LogP contribution is -2.47. The van der Waals surface area contributed by atoms with Crippen molar-refractivity contribution in [2.24, 2.45) is 0 Å². The summed E-state index contributed by atoms with van der Waals surface area (Å²) in [5.41, 5.74) is 0. The Morgan fingerprint density at radius 1 is 1.00 bits per heavy atom. The molecule has 0 saturated heterocycles. The molecule has 0 radical (unpaired) electrons. The Bertz CT molecular complexity index is 226. The zero-order valence-corrected chi connectivity index (χ0v) is 7.43. The summed E-state index contributed by atoms with van der Waals surface area (Å²) in [6.45, 7) is 6.36. The van der Waals surface area contributed by atoms with E-state index < -0.39 is 24.0 Å². The molecule has 4 N–H and O–H groups in total. The number of rotatable bonds is 5. The highest BCUT2D eigenvalue weighted by Gasteiger charge is 2.29. The van der Waals surface area contributed by atoms with Crippen molar-refractivity contribution in [2.75, 3.05) is 0 Å². The van der Waals surface area contributed by atoms with Gasteiger partial charge >= 0.3 is 0 Å². The first-order valence-corrected chi connectivity index (χ1v) is 3.73. The molecular weight excluding hydrogens is 188 g/mol. The number of aliphatic hydroxyl groups is 2. The molecule has 0 aromatic rings. The van der Waals surface area contributed by atoms with Crippen molar-refractivity contribution < 1.29 is 19.8 Å². The quantitative estimate of drug-likeness (QED) is 0.422. The average molecular weight is 200 g/mol. The highest BCUT2D eigenvalue weighted by Crippen LogP contribution is 1.94. The summed E-state index contributed by atoms with van der Waals surface area (Å²) in [6.07, 6.45) is -1.62. The Kier molecular flexibility index (Phi) is 5.20. The third kappa shape index (κ3) is 3.38. The fourth-order valence-corrected chi connectivity index (χ4v) is 0.659. The maximum absolute atomic E-state index is 10.9. The second-order valence-corrected chi connectivity index (χ2v) is 2.32. The van der Waals surface area contributed by atoms with Crippen LogP contribution in [-0.4, -0.2) is 34.2 Å². The molecule has 0 aliphatic heterocycles. The van der Waals surface area contributed by atoms with Gasteiger partial charge in [0.1, 0.15) is 0 Å². The molecule has 0 aromatic carbocycles. The Hall–Kier alpha value is -1.66. The number of hydrogen-bond donors (Lipinski definition) is 4. The molecule has 6 heteroatoms. The van der Waals surface area contributed by atoms with Crippen molar-refractivity contribution in [3.63, 3.8) is 0 Å². The molecule has 78 valence electrons. The van der Waals surface area contributed by atoms with Crippen LogP contribution in [0.25, 0.3) is 0 Å².